The van der Waals surface area contributed by atoms with Crippen LogP contribution in [-0.2, 0) is 0 Å². The van der Waals surface area contributed by atoms with E-state index in [-0.39, 0.29) is 11.5 Å². The summed E-state index contributed by atoms with van der Waals surface area (Å²) in [5, 5.41) is 13.1. The fourth-order valence-electron chi connectivity index (χ4n) is 2.48. The molecule has 1 N–H and O–H groups in total. The van der Waals surface area contributed by atoms with E-state index in [1.807, 2.05) is 0 Å². The Hall–Kier alpha value is -2.44. The molecule has 0 aliphatic carbocycles. The van der Waals surface area contributed by atoms with Gasteiger partial charge in [0.05, 0.1) is 11.5 Å². The van der Waals surface area contributed by atoms with Crippen molar-refractivity contribution in [2.45, 2.75) is 19.3 Å². The van der Waals surface area contributed by atoms with Crippen molar-refractivity contribution in [1.29, 1.82) is 0 Å². The van der Waals surface area contributed by atoms with Gasteiger partial charge in [-0.1, -0.05) is 11.2 Å². The van der Waals surface area contributed by atoms with Gasteiger partial charge in [0.1, 0.15) is 0 Å². The molecule has 0 radical (unpaired) electrons. The summed E-state index contributed by atoms with van der Waals surface area (Å²) in [4.78, 5) is 18.0. The zero-order chi connectivity index (χ0) is 15.0. The highest BCUT2D eigenvalue weighted by Gasteiger charge is 2.32. The van der Waals surface area contributed by atoms with Gasteiger partial charge >= 0.3 is 0 Å². The van der Waals surface area contributed by atoms with E-state index in [1.54, 1.807) is 6.92 Å². The van der Waals surface area contributed by atoms with Gasteiger partial charge in [0.25, 0.3) is 5.91 Å². The minimum atomic E-state index is -0.889. The van der Waals surface area contributed by atoms with E-state index in [0.29, 0.717) is 31.2 Å². The number of hydrogen-bond acceptors (Lipinski definition) is 5. The normalized spacial score (nSPS) is 18.2. The molecule has 6 nitrogen and oxygen atoms in total. The van der Waals surface area contributed by atoms with Crippen LogP contribution in [0.25, 0.3) is 0 Å². The highest BCUT2D eigenvalue weighted by atomic mass is 19.1. The second-order valence-corrected chi connectivity index (χ2v) is 5.06. The lowest BCUT2D eigenvalue weighted by atomic mass is 10.1. The van der Waals surface area contributed by atoms with Gasteiger partial charge in [0, 0.05) is 13.1 Å². The molecule has 1 atom stereocenters. The number of benzene rings is 1. The Balaban J connectivity index is 1.77. The molecule has 110 valence electrons. The van der Waals surface area contributed by atoms with Gasteiger partial charge in [-0.2, -0.15) is 4.98 Å². The van der Waals surface area contributed by atoms with Crippen molar-refractivity contribution in [2.75, 3.05) is 13.1 Å². The summed E-state index contributed by atoms with van der Waals surface area (Å²) in [5.41, 5.74) is -0.127. The third-order valence-corrected chi connectivity index (χ3v) is 3.58. The topological polar surface area (TPSA) is 79.5 Å². The third kappa shape index (κ3) is 2.46. The quantitative estimate of drug-likeness (QED) is 0.913. The summed E-state index contributed by atoms with van der Waals surface area (Å²) in [6.07, 6.45) is 0.688. The van der Waals surface area contributed by atoms with E-state index < -0.39 is 17.5 Å². The fraction of sp³-hybridized carbons (Fsp3) is 0.357. The predicted octanol–water partition coefficient (Wildman–Crippen LogP) is 1.85. The van der Waals surface area contributed by atoms with Crippen molar-refractivity contribution in [3.05, 3.63) is 41.3 Å². The maximum absolute atomic E-state index is 13.8. The first-order valence-electron chi connectivity index (χ1n) is 6.63. The Morgan fingerprint density at radius 3 is 3.05 bits per heavy atom. The summed E-state index contributed by atoms with van der Waals surface area (Å²) < 4.78 is 18.9. The highest BCUT2D eigenvalue weighted by molar-refractivity contribution is 5.95. The van der Waals surface area contributed by atoms with Crippen LogP contribution in [-0.4, -0.2) is 39.1 Å². The second-order valence-electron chi connectivity index (χ2n) is 5.06. The van der Waals surface area contributed by atoms with Crippen molar-refractivity contribution in [1.82, 2.24) is 15.0 Å². The average molecular weight is 291 g/mol. The number of halogens is 1. The summed E-state index contributed by atoms with van der Waals surface area (Å²) in [6.45, 7) is 2.61. The number of phenolic OH excluding ortho intramolecular Hbond substituents is 1. The third-order valence-electron chi connectivity index (χ3n) is 3.58. The summed E-state index contributed by atoms with van der Waals surface area (Å²) in [6, 6.07) is 4.02. The molecule has 1 aromatic carbocycles. The van der Waals surface area contributed by atoms with Crippen LogP contribution >= 0.6 is 0 Å². The van der Waals surface area contributed by atoms with Crippen molar-refractivity contribution in [3.63, 3.8) is 0 Å². The molecular weight excluding hydrogens is 277 g/mol. The van der Waals surface area contributed by atoms with Gasteiger partial charge in [-0.15, -0.1) is 0 Å². The first-order valence-corrected chi connectivity index (χ1v) is 6.63. The first kappa shape index (κ1) is 13.5. The average Bonchev–Trinajstić information content (AvgIpc) is 3.09. The van der Waals surface area contributed by atoms with Crippen LogP contribution in [0.4, 0.5) is 4.39 Å². The van der Waals surface area contributed by atoms with Crippen molar-refractivity contribution >= 4 is 5.91 Å². The van der Waals surface area contributed by atoms with Crippen LogP contribution in [0.5, 0.6) is 5.75 Å². The molecule has 1 aliphatic heterocycles. The molecule has 2 heterocycles. The molecule has 1 amide bonds. The van der Waals surface area contributed by atoms with E-state index in [1.165, 1.54) is 23.1 Å². The van der Waals surface area contributed by atoms with E-state index in [0.717, 1.165) is 0 Å². The summed E-state index contributed by atoms with van der Waals surface area (Å²) >= 11 is 0. The monoisotopic (exact) mass is 291 g/mol. The Morgan fingerprint density at radius 2 is 2.33 bits per heavy atom. The van der Waals surface area contributed by atoms with Crippen molar-refractivity contribution in [3.8, 4) is 5.75 Å². The Kier molecular flexibility index (Phi) is 3.32. The van der Waals surface area contributed by atoms with E-state index in [2.05, 4.69) is 10.1 Å². The van der Waals surface area contributed by atoms with Gasteiger partial charge < -0.3 is 14.5 Å². The maximum Gasteiger partial charge on any atom is 0.256 e. The predicted molar refractivity (Wildman–Crippen MR) is 70.4 cm³/mol. The molecule has 3 rings (SSSR count). The number of nitrogens with zero attached hydrogens (tertiary/aromatic N) is 3. The van der Waals surface area contributed by atoms with Gasteiger partial charge in [-0.3, -0.25) is 4.79 Å². The minimum absolute atomic E-state index is 0.0319. The summed E-state index contributed by atoms with van der Waals surface area (Å²) in [5.74, 6) is -0.839. The number of rotatable bonds is 2. The summed E-state index contributed by atoms with van der Waals surface area (Å²) in [7, 11) is 0. The molecule has 7 heteroatoms. The number of carbonyl (C=O) groups is 1. The lowest BCUT2D eigenvalue weighted by Crippen LogP contribution is -2.29. The number of carbonyl (C=O) groups excluding carboxylic acids is 1. The Morgan fingerprint density at radius 1 is 1.52 bits per heavy atom. The molecule has 2 aromatic rings. The number of aryl methyl sites for hydroxylation is 1. The van der Waals surface area contributed by atoms with Gasteiger partial charge in [-0.05, 0) is 25.5 Å². The number of aromatic nitrogens is 2. The van der Waals surface area contributed by atoms with E-state index >= 15 is 0 Å². The largest absolute Gasteiger partial charge is 0.505 e. The van der Waals surface area contributed by atoms with Crippen LogP contribution in [0, 0.1) is 12.7 Å². The molecule has 0 saturated carbocycles. The maximum atomic E-state index is 13.8. The number of aromatic hydroxyl groups is 1. The SMILES string of the molecule is Cc1noc(C2CCN(C(=O)c3cccc(O)c3F)C2)n1. The van der Waals surface area contributed by atoms with Crippen LogP contribution in [0.15, 0.2) is 22.7 Å². The first-order chi connectivity index (χ1) is 10.1. The number of phenols is 1. The molecular formula is C14H14FN3O3. The molecule has 1 fully saturated rings. The lowest BCUT2D eigenvalue weighted by molar-refractivity contribution is 0.0784. The smallest absolute Gasteiger partial charge is 0.256 e. The minimum Gasteiger partial charge on any atom is -0.505 e. The van der Waals surface area contributed by atoms with E-state index in [9.17, 15) is 14.3 Å². The molecule has 1 aromatic heterocycles. The molecule has 21 heavy (non-hydrogen) atoms. The number of likely N-dealkylation sites (tertiary alicyclic amines) is 1. The van der Waals surface area contributed by atoms with Crippen molar-refractivity contribution in [2.24, 2.45) is 0 Å². The Bertz CT molecular complexity index is 686. The van der Waals surface area contributed by atoms with Gasteiger partial charge in [0.2, 0.25) is 5.89 Å². The van der Waals surface area contributed by atoms with Crippen LogP contribution in [0.1, 0.15) is 34.4 Å². The fourth-order valence-corrected chi connectivity index (χ4v) is 2.48. The molecule has 0 bridgehead atoms. The van der Waals surface area contributed by atoms with Gasteiger partial charge in [0.15, 0.2) is 17.4 Å². The van der Waals surface area contributed by atoms with Crippen LogP contribution in [0.3, 0.4) is 0 Å². The lowest BCUT2D eigenvalue weighted by Gasteiger charge is -2.16. The zero-order valence-electron chi connectivity index (χ0n) is 11.4. The molecule has 1 unspecified atom stereocenters. The van der Waals surface area contributed by atoms with Gasteiger partial charge in [-0.25, -0.2) is 4.39 Å². The highest BCUT2D eigenvalue weighted by Crippen LogP contribution is 2.28. The molecule has 1 saturated heterocycles. The standard InChI is InChI=1S/C14H14FN3O3/c1-8-16-13(21-17-8)9-5-6-18(7-9)14(20)10-3-2-4-11(19)12(10)15/h2-4,9,19H,5-7H2,1H3. The Labute approximate surface area is 120 Å². The zero-order valence-corrected chi connectivity index (χ0v) is 11.4. The molecule has 0 spiro atoms. The molecule has 1 aliphatic rings. The van der Waals surface area contributed by atoms with Crippen LogP contribution < -0.4 is 0 Å². The number of amides is 1. The van der Waals surface area contributed by atoms with E-state index in [4.69, 9.17) is 4.52 Å². The van der Waals surface area contributed by atoms with Crippen LogP contribution in [0.2, 0.25) is 0 Å². The van der Waals surface area contributed by atoms with Crippen molar-refractivity contribution < 1.29 is 18.8 Å². The number of hydrogen-bond donors (Lipinski definition) is 1. The second kappa shape index (κ2) is 5.16.